The number of H-pyrrole nitrogens is 1. The second-order valence-electron chi connectivity index (χ2n) is 7.15. The lowest BCUT2D eigenvalue weighted by Gasteiger charge is -2.14. The van der Waals surface area contributed by atoms with Crippen molar-refractivity contribution in [2.45, 2.75) is 5.16 Å². The van der Waals surface area contributed by atoms with Crippen molar-refractivity contribution in [3.05, 3.63) is 81.8 Å². The molecule has 0 unspecified atom stereocenters. The van der Waals surface area contributed by atoms with Crippen molar-refractivity contribution < 1.29 is 19.2 Å². The van der Waals surface area contributed by atoms with Gasteiger partial charge in [-0.1, -0.05) is 51.5 Å². The summed E-state index contributed by atoms with van der Waals surface area (Å²) in [5.74, 6) is 0.464. The van der Waals surface area contributed by atoms with Crippen molar-refractivity contribution in [3.8, 4) is 28.6 Å². The summed E-state index contributed by atoms with van der Waals surface area (Å²) < 4.78 is 7.33. The second-order valence-corrected chi connectivity index (χ2v) is 9.38. The van der Waals surface area contributed by atoms with Crippen LogP contribution in [0.2, 0.25) is 5.02 Å². The Morgan fingerprint density at radius 3 is 2.71 bits per heavy atom. The van der Waals surface area contributed by atoms with E-state index < -0.39 is 0 Å². The number of methoxy groups -OCH3 is 1. The fourth-order valence-corrected chi connectivity index (χ4v) is 4.51. The number of amides is 1. The number of thioether (sulfide) groups is 1. The number of hydrogen-bond donors (Lipinski definition) is 2. The van der Waals surface area contributed by atoms with E-state index in [1.165, 1.54) is 25.1 Å². The van der Waals surface area contributed by atoms with Crippen LogP contribution in [0.15, 0.2) is 81.5 Å². The number of nitrogens with one attached hydrogen (secondary N) is 2. The zero-order chi connectivity index (χ0) is 24.8. The van der Waals surface area contributed by atoms with Crippen LogP contribution in [-0.4, -0.2) is 35.2 Å². The van der Waals surface area contributed by atoms with E-state index in [1.54, 1.807) is 24.3 Å². The molecule has 3 aromatic carbocycles. The Balaban J connectivity index is 1.48. The molecule has 4 rings (SSSR count). The van der Waals surface area contributed by atoms with Crippen molar-refractivity contribution in [2.75, 3.05) is 12.9 Å². The van der Waals surface area contributed by atoms with Crippen molar-refractivity contribution >= 4 is 51.4 Å². The third-order valence-electron chi connectivity index (χ3n) is 4.79. The number of rotatable bonds is 8. The topological polar surface area (TPSA) is 106 Å². The van der Waals surface area contributed by atoms with Crippen molar-refractivity contribution in [3.63, 3.8) is 0 Å². The summed E-state index contributed by atoms with van der Waals surface area (Å²) in [6.07, 6.45) is 1.44. The highest BCUT2D eigenvalue weighted by Crippen LogP contribution is 2.32. The van der Waals surface area contributed by atoms with Crippen LogP contribution in [0.1, 0.15) is 5.56 Å². The van der Waals surface area contributed by atoms with E-state index in [9.17, 15) is 9.90 Å². The molecule has 0 spiro atoms. The number of ether oxygens (including phenoxy) is 1. The zero-order valence-corrected chi connectivity index (χ0v) is 21.5. The number of carbonyl (C=O) groups is 1. The highest BCUT2D eigenvalue weighted by molar-refractivity contribution is 9.10. The fourth-order valence-electron chi connectivity index (χ4n) is 3.17. The van der Waals surface area contributed by atoms with Gasteiger partial charge in [-0.25, -0.2) is 5.43 Å². The smallest absolute Gasteiger partial charge is 0.342 e. The van der Waals surface area contributed by atoms with Crippen LogP contribution in [0.3, 0.4) is 0 Å². The minimum Gasteiger partial charge on any atom is -0.869 e. The number of hydrogen-bond acceptors (Lipinski definition) is 6. The van der Waals surface area contributed by atoms with Crippen molar-refractivity contribution in [1.29, 1.82) is 0 Å². The summed E-state index contributed by atoms with van der Waals surface area (Å²) in [7, 11) is 1.41. The second kappa shape index (κ2) is 11.4. The molecule has 0 radical (unpaired) electrons. The van der Waals surface area contributed by atoms with E-state index in [0.717, 1.165) is 17.1 Å². The van der Waals surface area contributed by atoms with Gasteiger partial charge in [-0.15, -0.1) is 5.10 Å². The lowest BCUT2D eigenvalue weighted by molar-refractivity contribution is -0.625. The Bertz CT molecular complexity index is 1360. The molecule has 178 valence electrons. The van der Waals surface area contributed by atoms with Crippen LogP contribution in [0.5, 0.6) is 11.5 Å². The number of aromatic nitrogens is 3. The first kappa shape index (κ1) is 24.8. The molecule has 0 aliphatic rings. The molecule has 0 fully saturated rings. The quantitative estimate of drug-likeness (QED) is 0.143. The Morgan fingerprint density at radius 2 is 2.00 bits per heavy atom. The molecular weight excluding hydrogens is 554 g/mol. The van der Waals surface area contributed by atoms with Gasteiger partial charge in [0.15, 0.2) is 0 Å². The minimum absolute atomic E-state index is 0.0799. The number of aromatic amines is 1. The van der Waals surface area contributed by atoms with Gasteiger partial charge in [0.25, 0.3) is 11.7 Å². The number of hydrazone groups is 1. The Labute approximate surface area is 219 Å². The third kappa shape index (κ3) is 6.02. The Morgan fingerprint density at radius 1 is 1.26 bits per heavy atom. The number of nitrogens with zero attached hydrogens (tertiary/aromatic N) is 3. The van der Waals surface area contributed by atoms with Gasteiger partial charge < -0.3 is 9.84 Å². The van der Waals surface area contributed by atoms with Gasteiger partial charge in [-0.2, -0.15) is 9.67 Å². The van der Waals surface area contributed by atoms with Gasteiger partial charge in [-0.3, -0.25) is 4.79 Å². The van der Waals surface area contributed by atoms with E-state index in [0.29, 0.717) is 20.2 Å². The van der Waals surface area contributed by atoms with Gasteiger partial charge >= 0.3 is 5.16 Å². The maximum Gasteiger partial charge on any atom is 0.342 e. The predicted molar refractivity (Wildman–Crippen MR) is 137 cm³/mol. The van der Waals surface area contributed by atoms with Gasteiger partial charge in [0.2, 0.25) is 0 Å². The maximum absolute atomic E-state index is 12.4. The van der Waals surface area contributed by atoms with Crippen LogP contribution >= 0.6 is 39.3 Å². The minimum atomic E-state index is -0.315. The molecule has 1 amide bonds. The molecule has 8 nitrogen and oxygen atoms in total. The molecule has 0 atom stereocenters. The molecule has 2 N–H and O–H groups in total. The maximum atomic E-state index is 12.4. The normalized spacial score (nSPS) is 11.1. The summed E-state index contributed by atoms with van der Waals surface area (Å²) in [6, 6.07) is 20.3. The van der Waals surface area contributed by atoms with Crippen LogP contribution in [0.25, 0.3) is 17.1 Å². The molecule has 1 heterocycles. The molecule has 0 saturated heterocycles. The average molecular weight is 573 g/mol. The van der Waals surface area contributed by atoms with Crippen LogP contribution in [0.4, 0.5) is 0 Å². The first-order chi connectivity index (χ1) is 17.0. The highest BCUT2D eigenvalue weighted by Gasteiger charge is 2.24. The number of carbonyl (C=O) groups excluding carboxylic acids is 1. The third-order valence-corrected chi connectivity index (χ3v) is 6.57. The molecule has 11 heteroatoms. The van der Waals surface area contributed by atoms with Gasteiger partial charge in [0.05, 0.1) is 29.7 Å². The molecule has 0 saturated carbocycles. The van der Waals surface area contributed by atoms with E-state index in [2.05, 4.69) is 36.7 Å². The molecule has 1 aromatic heterocycles. The zero-order valence-electron chi connectivity index (χ0n) is 18.4. The molecule has 35 heavy (non-hydrogen) atoms. The Kier molecular flexibility index (Phi) is 8.06. The van der Waals surface area contributed by atoms with Gasteiger partial charge in [0.1, 0.15) is 11.4 Å². The van der Waals surface area contributed by atoms with Gasteiger partial charge in [-0.05, 0) is 65.9 Å². The predicted octanol–water partition coefficient (Wildman–Crippen LogP) is 4.09. The SMILES string of the molecule is COc1cc(/C=N/NC(=O)CSc2n[nH]c(-c3ccccc3)[n+]2-c2ccc(Cl)cc2)cc(Br)c1[O-]. The van der Waals surface area contributed by atoms with Crippen molar-refractivity contribution in [2.24, 2.45) is 5.10 Å². The van der Waals surface area contributed by atoms with Crippen LogP contribution in [-0.2, 0) is 4.79 Å². The molecular formula is C24H19BrClN5O3S. The highest BCUT2D eigenvalue weighted by atomic mass is 79.9. The summed E-state index contributed by atoms with van der Waals surface area (Å²) in [5, 5.41) is 24.6. The van der Waals surface area contributed by atoms with Crippen molar-refractivity contribution in [1.82, 2.24) is 15.6 Å². The van der Waals surface area contributed by atoms with E-state index in [1.807, 2.05) is 47.0 Å². The fraction of sp³-hybridized carbons (Fsp3) is 0.0833. The Hall–Kier alpha value is -3.34. The summed E-state index contributed by atoms with van der Waals surface area (Å²) >= 11 is 10.5. The van der Waals surface area contributed by atoms with Gasteiger partial charge in [0, 0.05) is 9.50 Å². The number of halogens is 2. The molecule has 0 aliphatic carbocycles. The lowest BCUT2D eigenvalue weighted by atomic mass is 10.2. The molecule has 4 aromatic rings. The van der Waals surface area contributed by atoms with E-state index in [-0.39, 0.29) is 23.2 Å². The number of benzene rings is 3. The first-order valence-corrected chi connectivity index (χ1v) is 12.4. The van der Waals surface area contributed by atoms with E-state index in [4.69, 9.17) is 16.3 Å². The summed E-state index contributed by atoms with van der Waals surface area (Å²) in [6.45, 7) is 0. The summed E-state index contributed by atoms with van der Waals surface area (Å²) in [5.41, 5.74) is 4.88. The largest absolute Gasteiger partial charge is 0.869 e. The van der Waals surface area contributed by atoms with Crippen LogP contribution in [0, 0.1) is 0 Å². The van der Waals surface area contributed by atoms with E-state index >= 15 is 0 Å². The lowest BCUT2D eigenvalue weighted by Crippen LogP contribution is -2.34. The molecule has 0 bridgehead atoms. The average Bonchev–Trinajstić information content (AvgIpc) is 3.29. The standard InChI is InChI=1S/C24H19BrClN5O3S/c1-34-20-12-15(11-19(25)22(20)33)13-27-28-21(32)14-35-24-30-29-23(16-5-3-2-4-6-16)31(24)18-9-7-17(26)8-10-18/h2-13H,14H2,1H3,(H2,27,28,32,33). The molecule has 0 aliphatic heterocycles. The first-order valence-electron chi connectivity index (χ1n) is 10.3. The monoisotopic (exact) mass is 571 g/mol. The summed E-state index contributed by atoms with van der Waals surface area (Å²) in [4.78, 5) is 12.4. The van der Waals surface area contributed by atoms with Crippen LogP contribution < -0.4 is 19.8 Å².